The van der Waals surface area contributed by atoms with Crippen LogP contribution in [-0.2, 0) is 6.54 Å². The van der Waals surface area contributed by atoms with Crippen LogP contribution in [0.15, 0.2) is 42.5 Å². The third kappa shape index (κ3) is 5.11. The van der Waals surface area contributed by atoms with E-state index in [1.54, 1.807) is 4.90 Å². The van der Waals surface area contributed by atoms with Crippen LogP contribution in [0.4, 0.5) is 8.78 Å². The van der Waals surface area contributed by atoms with Crippen LogP contribution in [0.3, 0.4) is 0 Å². The molecule has 8 heteroatoms. The van der Waals surface area contributed by atoms with E-state index in [-0.39, 0.29) is 17.4 Å². The van der Waals surface area contributed by atoms with E-state index < -0.39 is 6.61 Å². The molecule has 1 aliphatic heterocycles. The smallest absolute Gasteiger partial charge is 0.387 e. The fraction of sp³-hybridized carbons (Fsp3) is 0.350. The molecule has 2 aromatic rings. The van der Waals surface area contributed by atoms with E-state index in [4.69, 9.17) is 16.3 Å². The Kier molecular flexibility index (Phi) is 6.70. The Labute approximate surface area is 167 Å². The summed E-state index contributed by atoms with van der Waals surface area (Å²) in [5, 5.41) is 0.708. The minimum absolute atomic E-state index is 0.0969. The molecule has 1 fully saturated rings. The van der Waals surface area contributed by atoms with E-state index in [1.165, 1.54) is 25.3 Å². The van der Waals surface area contributed by atoms with Gasteiger partial charge in [0, 0.05) is 43.3 Å². The molecule has 3 rings (SSSR count). The molecule has 0 bridgehead atoms. The Hall–Kier alpha value is -2.38. The van der Waals surface area contributed by atoms with Gasteiger partial charge in [-0.15, -0.1) is 0 Å². The minimum Gasteiger partial charge on any atom is -0.493 e. The van der Waals surface area contributed by atoms with Gasteiger partial charge in [-0.3, -0.25) is 9.69 Å². The highest BCUT2D eigenvalue weighted by Gasteiger charge is 2.23. The Morgan fingerprint density at radius 2 is 1.86 bits per heavy atom. The normalized spacial score (nSPS) is 15.0. The Morgan fingerprint density at radius 1 is 1.11 bits per heavy atom. The van der Waals surface area contributed by atoms with E-state index in [0.717, 1.165) is 25.2 Å². The van der Waals surface area contributed by atoms with Gasteiger partial charge in [0.15, 0.2) is 11.5 Å². The summed E-state index contributed by atoms with van der Waals surface area (Å²) in [6.45, 7) is 0.455. The molecule has 28 heavy (non-hydrogen) atoms. The number of carbonyl (C=O) groups is 1. The van der Waals surface area contributed by atoms with E-state index in [9.17, 15) is 13.6 Å². The molecule has 0 atom stereocenters. The number of piperazine rings is 1. The maximum Gasteiger partial charge on any atom is 0.387 e. The second-order valence-electron chi connectivity index (χ2n) is 6.44. The molecule has 1 aliphatic rings. The number of rotatable bonds is 6. The fourth-order valence-corrected chi connectivity index (χ4v) is 3.39. The maximum atomic E-state index is 12.8. The lowest BCUT2D eigenvalue weighted by atomic mass is 10.1. The number of methoxy groups -OCH3 is 1. The quantitative estimate of drug-likeness (QED) is 0.724. The van der Waals surface area contributed by atoms with Gasteiger partial charge in [-0.05, 0) is 35.9 Å². The summed E-state index contributed by atoms with van der Waals surface area (Å²) < 4.78 is 34.3. The first kappa shape index (κ1) is 20.4. The number of benzene rings is 2. The monoisotopic (exact) mass is 410 g/mol. The topological polar surface area (TPSA) is 42.0 Å². The van der Waals surface area contributed by atoms with Gasteiger partial charge in [0.25, 0.3) is 5.91 Å². The molecule has 0 saturated carbocycles. The van der Waals surface area contributed by atoms with Crippen molar-refractivity contribution in [3.63, 3.8) is 0 Å². The third-order valence-corrected chi connectivity index (χ3v) is 4.82. The Balaban J connectivity index is 1.60. The van der Waals surface area contributed by atoms with Crippen molar-refractivity contribution in [3.05, 3.63) is 58.6 Å². The largest absolute Gasteiger partial charge is 0.493 e. The molecule has 1 amide bonds. The van der Waals surface area contributed by atoms with E-state index in [1.807, 2.05) is 24.3 Å². The van der Waals surface area contributed by atoms with Crippen molar-refractivity contribution in [2.45, 2.75) is 13.2 Å². The summed E-state index contributed by atoms with van der Waals surface area (Å²) in [6.07, 6.45) is 0. The predicted octanol–water partition coefficient (Wildman–Crippen LogP) is 3.91. The molecule has 0 radical (unpaired) electrons. The summed E-state index contributed by atoms with van der Waals surface area (Å²) in [7, 11) is 1.34. The Morgan fingerprint density at radius 3 is 2.50 bits per heavy atom. The molecule has 0 aliphatic carbocycles. The molecule has 150 valence electrons. The van der Waals surface area contributed by atoms with Crippen LogP contribution >= 0.6 is 11.6 Å². The summed E-state index contributed by atoms with van der Waals surface area (Å²) in [4.78, 5) is 16.8. The van der Waals surface area contributed by atoms with Gasteiger partial charge in [-0.2, -0.15) is 8.78 Å². The van der Waals surface area contributed by atoms with E-state index >= 15 is 0 Å². The zero-order valence-corrected chi connectivity index (χ0v) is 16.2. The molecular weight excluding hydrogens is 390 g/mol. The number of amides is 1. The molecule has 0 unspecified atom stereocenters. The van der Waals surface area contributed by atoms with Crippen molar-refractivity contribution >= 4 is 17.5 Å². The van der Waals surface area contributed by atoms with Gasteiger partial charge in [-0.25, -0.2) is 0 Å². The maximum absolute atomic E-state index is 12.8. The first-order valence-electron chi connectivity index (χ1n) is 8.85. The van der Waals surface area contributed by atoms with Crippen LogP contribution in [-0.4, -0.2) is 55.6 Å². The number of hydrogen-bond acceptors (Lipinski definition) is 4. The molecular formula is C20H21ClF2N2O3. The van der Waals surface area contributed by atoms with Gasteiger partial charge in [0.05, 0.1) is 7.11 Å². The van der Waals surface area contributed by atoms with Gasteiger partial charge in [0.2, 0.25) is 0 Å². The van der Waals surface area contributed by atoms with E-state index in [2.05, 4.69) is 9.64 Å². The van der Waals surface area contributed by atoms with Crippen molar-refractivity contribution in [2.75, 3.05) is 33.3 Å². The number of hydrogen-bond donors (Lipinski definition) is 0. The van der Waals surface area contributed by atoms with Crippen LogP contribution in [0.25, 0.3) is 0 Å². The van der Waals surface area contributed by atoms with Crippen molar-refractivity contribution in [1.82, 2.24) is 9.80 Å². The van der Waals surface area contributed by atoms with Crippen LogP contribution in [0.5, 0.6) is 11.5 Å². The van der Waals surface area contributed by atoms with E-state index in [0.29, 0.717) is 23.7 Å². The molecule has 1 heterocycles. The van der Waals surface area contributed by atoms with Crippen LogP contribution in [0.1, 0.15) is 15.9 Å². The highest BCUT2D eigenvalue weighted by Crippen LogP contribution is 2.30. The molecule has 0 N–H and O–H groups in total. The van der Waals surface area contributed by atoms with Crippen molar-refractivity contribution in [1.29, 1.82) is 0 Å². The number of halogens is 3. The van der Waals surface area contributed by atoms with Gasteiger partial charge in [0.1, 0.15) is 0 Å². The first-order valence-corrected chi connectivity index (χ1v) is 9.23. The fourth-order valence-electron chi connectivity index (χ4n) is 3.18. The second kappa shape index (κ2) is 9.21. The Bertz CT molecular complexity index is 827. The van der Waals surface area contributed by atoms with Crippen molar-refractivity contribution in [2.24, 2.45) is 0 Å². The summed E-state index contributed by atoms with van der Waals surface area (Å²) in [5.74, 6) is -0.157. The van der Waals surface area contributed by atoms with Gasteiger partial charge >= 0.3 is 6.61 Å². The third-order valence-electron chi connectivity index (χ3n) is 4.58. The molecule has 2 aromatic carbocycles. The lowest BCUT2D eigenvalue weighted by Crippen LogP contribution is -2.48. The zero-order valence-electron chi connectivity index (χ0n) is 15.4. The minimum atomic E-state index is -2.96. The standard InChI is InChI=1S/C20H21ClF2N2O3/c1-27-18-12-15(5-6-17(18)28-20(22)23)19(26)25-9-7-24(8-10-25)13-14-3-2-4-16(21)11-14/h2-6,11-12,20H,7-10,13H2,1H3. The molecule has 0 spiro atoms. The summed E-state index contributed by atoms with van der Waals surface area (Å²) in [6, 6.07) is 12.0. The number of alkyl halides is 2. The molecule has 5 nitrogen and oxygen atoms in total. The van der Waals surface area contributed by atoms with Crippen LogP contribution in [0, 0.1) is 0 Å². The lowest BCUT2D eigenvalue weighted by molar-refractivity contribution is -0.0512. The van der Waals surface area contributed by atoms with Crippen molar-refractivity contribution in [3.8, 4) is 11.5 Å². The highest BCUT2D eigenvalue weighted by molar-refractivity contribution is 6.30. The van der Waals surface area contributed by atoms with Crippen LogP contribution < -0.4 is 9.47 Å². The average Bonchev–Trinajstić information content (AvgIpc) is 2.68. The SMILES string of the molecule is COc1cc(C(=O)N2CCN(Cc3cccc(Cl)c3)CC2)ccc1OC(F)F. The van der Waals surface area contributed by atoms with Crippen molar-refractivity contribution < 1.29 is 23.0 Å². The summed E-state index contributed by atoms with van der Waals surface area (Å²) >= 11 is 6.03. The molecule has 1 saturated heterocycles. The lowest BCUT2D eigenvalue weighted by Gasteiger charge is -2.35. The average molecular weight is 411 g/mol. The number of carbonyl (C=O) groups excluding carboxylic acids is 1. The zero-order chi connectivity index (χ0) is 20.1. The second-order valence-corrected chi connectivity index (χ2v) is 6.88. The van der Waals surface area contributed by atoms with Gasteiger partial charge in [-0.1, -0.05) is 23.7 Å². The first-order chi connectivity index (χ1) is 13.5. The van der Waals surface area contributed by atoms with Crippen LogP contribution in [0.2, 0.25) is 5.02 Å². The van der Waals surface area contributed by atoms with Gasteiger partial charge < -0.3 is 14.4 Å². The highest BCUT2D eigenvalue weighted by atomic mass is 35.5. The number of ether oxygens (including phenoxy) is 2. The number of nitrogens with zero attached hydrogens (tertiary/aromatic N) is 2. The summed E-state index contributed by atoms with van der Waals surface area (Å²) in [5.41, 5.74) is 1.51. The predicted molar refractivity (Wildman–Crippen MR) is 102 cm³/mol. The molecule has 0 aromatic heterocycles.